The SMILES string of the molecule is CC(C)(C)C1CCSC(NC2C3(C)CCC(C3)C2(C)C)=N1. The Kier molecular flexibility index (Phi) is 3.67. The quantitative estimate of drug-likeness (QED) is 0.759. The van der Waals surface area contributed by atoms with Crippen LogP contribution in [0.4, 0.5) is 0 Å². The number of amidine groups is 1. The molecule has 2 bridgehead atoms. The van der Waals surface area contributed by atoms with Crippen LogP contribution >= 0.6 is 11.8 Å². The van der Waals surface area contributed by atoms with Crippen molar-refractivity contribution in [3.8, 4) is 0 Å². The van der Waals surface area contributed by atoms with Gasteiger partial charge in [0.05, 0.1) is 6.04 Å². The van der Waals surface area contributed by atoms with Gasteiger partial charge in [-0.25, -0.2) is 0 Å². The Bertz CT molecular complexity index is 444. The van der Waals surface area contributed by atoms with Crippen LogP contribution < -0.4 is 5.32 Å². The van der Waals surface area contributed by atoms with Gasteiger partial charge in [-0.1, -0.05) is 53.3 Å². The first-order chi connectivity index (χ1) is 9.63. The summed E-state index contributed by atoms with van der Waals surface area (Å²) in [6.45, 7) is 14.4. The molecule has 0 amide bonds. The van der Waals surface area contributed by atoms with Crippen molar-refractivity contribution in [2.45, 2.75) is 79.3 Å². The van der Waals surface area contributed by atoms with Crippen LogP contribution in [0.5, 0.6) is 0 Å². The fourth-order valence-corrected chi connectivity index (χ4v) is 5.94. The van der Waals surface area contributed by atoms with Crippen molar-refractivity contribution in [2.24, 2.45) is 27.2 Å². The van der Waals surface area contributed by atoms with E-state index >= 15 is 0 Å². The average molecular weight is 309 g/mol. The molecule has 2 fully saturated rings. The van der Waals surface area contributed by atoms with Gasteiger partial charge in [0.1, 0.15) is 0 Å². The lowest BCUT2D eigenvalue weighted by Gasteiger charge is -2.44. The molecule has 4 unspecified atom stereocenters. The molecule has 1 N–H and O–H groups in total. The lowest BCUT2D eigenvalue weighted by molar-refractivity contribution is 0.125. The summed E-state index contributed by atoms with van der Waals surface area (Å²) < 4.78 is 0. The Hall–Kier alpha value is -0.180. The van der Waals surface area contributed by atoms with Crippen LogP contribution in [0.2, 0.25) is 0 Å². The van der Waals surface area contributed by atoms with Crippen LogP contribution in [-0.2, 0) is 0 Å². The Morgan fingerprint density at radius 2 is 1.90 bits per heavy atom. The van der Waals surface area contributed by atoms with E-state index in [2.05, 4.69) is 46.9 Å². The van der Waals surface area contributed by atoms with Crippen LogP contribution in [0.1, 0.15) is 67.2 Å². The Labute approximate surface area is 134 Å². The van der Waals surface area contributed by atoms with Crippen LogP contribution in [-0.4, -0.2) is 23.0 Å². The molecule has 0 radical (unpaired) electrons. The fourth-order valence-electron chi connectivity index (χ4n) is 5.00. The number of nitrogens with one attached hydrogen (secondary N) is 1. The largest absolute Gasteiger partial charge is 0.361 e. The summed E-state index contributed by atoms with van der Waals surface area (Å²) in [5.41, 5.74) is 1.17. The van der Waals surface area contributed by atoms with Gasteiger partial charge in [0.25, 0.3) is 0 Å². The van der Waals surface area contributed by atoms with Gasteiger partial charge in [-0.2, -0.15) is 0 Å². The number of fused-ring (bicyclic) bond motifs is 2. The van der Waals surface area contributed by atoms with Crippen LogP contribution in [0, 0.1) is 22.2 Å². The molecule has 21 heavy (non-hydrogen) atoms. The molecule has 3 aliphatic rings. The van der Waals surface area contributed by atoms with Gasteiger partial charge < -0.3 is 5.32 Å². The highest BCUT2D eigenvalue weighted by molar-refractivity contribution is 8.13. The predicted molar refractivity (Wildman–Crippen MR) is 93.9 cm³/mol. The van der Waals surface area contributed by atoms with E-state index in [1.807, 2.05) is 11.8 Å². The predicted octanol–water partition coefficient (Wildman–Crippen LogP) is 4.70. The minimum Gasteiger partial charge on any atom is -0.361 e. The van der Waals surface area contributed by atoms with Crippen molar-refractivity contribution >= 4 is 16.9 Å². The third kappa shape index (κ3) is 2.64. The summed E-state index contributed by atoms with van der Waals surface area (Å²) >= 11 is 1.94. The zero-order chi connectivity index (χ0) is 15.5. The molecule has 4 atom stereocenters. The van der Waals surface area contributed by atoms with E-state index in [4.69, 9.17) is 4.99 Å². The van der Waals surface area contributed by atoms with Crippen molar-refractivity contribution in [3.63, 3.8) is 0 Å². The molecule has 1 heterocycles. The number of rotatable bonds is 1. The number of aliphatic imine (C=N–C) groups is 1. The van der Waals surface area contributed by atoms with E-state index in [0.29, 0.717) is 22.9 Å². The molecular weight excluding hydrogens is 276 g/mol. The van der Waals surface area contributed by atoms with E-state index < -0.39 is 0 Å². The second-order valence-corrected chi connectivity index (χ2v) is 10.5. The molecule has 0 aromatic carbocycles. The maximum Gasteiger partial charge on any atom is 0.157 e. The van der Waals surface area contributed by atoms with E-state index in [0.717, 1.165) is 5.92 Å². The van der Waals surface area contributed by atoms with Gasteiger partial charge in [0.15, 0.2) is 5.17 Å². The normalized spacial score (nSPS) is 42.0. The van der Waals surface area contributed by atoms with Crippen LogP contribution in [0.15, 0.2) is 4.99 Å². The molecule has 1 aliphatic heterocycles. The van der Waals surface area contributed by atoms with Crippen LogP contribution in [0.25, 0.3) is 0 Å². The molecule has 3 rings (SSSR count). The number of hydrogen-bond donors (Lipinski definition) is 1. The van der Waals surface area contributed by atoms with Crippen molar-refractivity contribution in [3.05, 3.63) is 0 Å². The number of hydrogen-bond acceptors (Lipinski definition) is 3. The Balaban J connectivity index is 1.79. The maximum absolute atomic E-state index is 5.07. The van der Waals surface area contributed by atoms with E-state index in [1.54, 1.807) is 0 Å². The highest BCUT2D eigenvalue weighted by atomic mass is 32.2. The van der Waals surface area contributed by atoms with Gasteiger partial charge in [0.2, 0.25) is 0 Å². The first-order valence-corrected chi connectivity index (χ1v) is 9.59. The third-order valence-corrected chi connectivity index (χ3v) is 7.38. The second-order valence-electron chi connectivity index (χ2n) is 9.45. The number of nitrogens with zero attached hydrogens (tertiary/aromatic N) is 1. The molecule has 0 aromatic rings. The van der Waals surface area contributed by atoms with Crippen molar-refractivity contribution < 1.29 is 0 Å². The van der Waals surface area contributed by atoms with Crippen molar-refractivity contribution in [1.29, 1.82) is 0 Å². The van der Waals surface area contributed by atoms with Crippen molar-refractivity contribution in [2.75, 3.05) is 5.75 Å². The summed E-state index contributed by atoms with van der Waals surface area (Å²) in [7, 11) is 0. The molecule has 3 heteroatoms. The summed E-state index contributed by atoms with van der Waals surface area (Å²) in [4.78, 5) is 5.07. The molecule has 2 saturated carbocycles. The van der Waals surface area contributed by atoms with Gasteiger partial charge >= 0.3 is 0 Å². The summed E-state index contributed by atoms with van der Waals surface area (Å²) in [6.07, 6.45) is 5.43. The molecule has 0 spiro atoms. The number of thioether (sulfide) groups is 1. The lowest BCUT2D eigenvalue weighted by atomic mass is 9.68. The van der Waals surface area contributed by atoms with Gasteiger partial charge in [-0.15, -0.1) is 0 Å². The van der Waals surface area contributed by atoms with Gasteiger partial charge in [0, 0.05) is 11.8 Å². The van der Waals surface area contributed by atoms with Gasteiger partial charge in [-0.05, 0) is 47.8 Å². The van der Waals surface area contributed by atoms with Crippen LogP contribution in [0.3, 0.4) is 0 Å². The molecule has 2 nitrogen and oxygen atoms in total. The zero-order valence-electron chi connectivity index (χ0n) is 14.6. The molecule has 120 valence electrons. The molecule has 0 aromatic heterocycles. The van der Waals surface area contributed by atoms with E-state index in [9.17, 15) is 0 Å². The summed E-state index contributed by atoms with van der Waals surface area (Å²) in [5.74, 6) is 2.11. The zero-order valence-corrected chi connectivity index (χ0v) is 15.4. The fraction of sp³-hybridized carbons (Fsp3) is 0.944. The summed E-state index contributed by atoms with van der Waals surface area (Å²) in [6, 6.07) is 1.06. The lowest BCUT2D eigenvalue weighted by Crippen LogP contribution is -2.52. The highest BCUT2D eigenvalue weighted by Gasteiger charge is 2.59. The topological polar surface area (TPSA) is 24.4 Å². The smallest absolute Gasteiger partial charge is 0.157 e. The third-order valence-electron chi connectivity index (χ3n) is 6.44. The molecular formula is C18H32N2S. The standard InChI is InChI=1S/C18H32N2S/c1-16(2,3)13-8-10-21-15(19-13)20-14-17(4,5)12-7-9-18(14,6)11-12/h12-14H,7-11H2,1-6H3,(H,19,20). The monoisotopic (exact) mass is 308 g/mol. The van der Waals surface area contributed by atoms with Gasteiger partial charge in [-0.3, -0.25) is 4.99 Å². The Morgan fingerprint density at radius 1 is 1.19 bits per heavy atom. The van der Waals surface area contributed by atoms with E-state index in [1.165, 1.54) is 36.6 Å². The highest BCUT2D eigenvalue weighted by Crippen LogP contribution is 2.62. The molecule has 0 saturated heterocycles. The second kappa shape index (κ2) is 4.91. The summed E-state index contributed by atoms with van der Waals surface area (Å²) in [5, 5.41) is 5.11. The average Bonchev–Trinajstić information content (AvgIpc) is 2.85. The minimum atomic E-state index is 0.280. The maximum atomic E-state index is 5.07. The minimum absolute atomic E-state index is 0.280. The first-order valence-electron chi connectivity index (χ1n) is 8.60. The van der Waals surface area contributed by atoms with E-state index in [-0.39, 0.29) is 5.41 Å². The van der Waals surface area contributed by atoms with Crippen molar-refractivity contribution in [1.82, 2.24) is 5.32 Å². The first kappa shape index (κ1) is 15.7. The molecule has 2 aliphatic carbocycles. The Morgan fingerprint density at radius 3 is 2.48 bits per heavy atom.